The molecule has 0 aliphatic heterocycles. The lowest BCUT2D eigenvalue weighted by Crippen LogP contribution is -2.49. The predicted octanol–water partition coefficient (Wildman–Crippen LogP) is 3.77. The van der Waals surface area contributed by atoms with Gasteiger partial charge in [-0.3, -0.25) is 4.79 Å². The van der Waals surface area contributed by atoms with Crippen molar-refractivity contribution in [3.8, 4) is 0 Å². The second-order valence-electron chi connectivity index (χ2n) is 8.40. The van der Waals surface area contributed by atoms with Gasteiger partial charge in [0.25, 0.3) is 0 Å². The summed E-state index contributed by atoms with van der Waals surface area (Å²) in [4.78, 5) is 13.5. The van der Waals surface area contributed by atoms with Gasteiger partial charge in [-0.05, 0) is 54.5 Å². The van der Waals surface area contributed by atoms with Crippen molar-refractivity contribution < 1.29 is 13.2 Å². The molecule has 1 aromatic heterocycles. The molecular formula is C25H24N4O3S2. The summed E-state index contributed by atoms with van der Waals surface area (Å²) < 4.78 is 37.7. The van der Waals surface area contributed by atoms with Crippen molar-refractivity contribution in [2.75, 3.05) is 0 Å². The molecule has 1 heterocycles. The molecule has 1 amide bonds. The Kier molecular flexibility index (Phi) is 6.40. The molecule has 1 aliphatic rings. The van der Waals surface area contributed by atoms with E-state index in [1.165, 1.54) is 11.6 Å². The standard InChI is InChI=1S/C25H24N4O3S2/c30-25(26-20-13-6-11-18-10-4-5-12-19(18)20)22(16-17-8-2-1-3-9-17)29-34(31,32)23-15-7-14-21-24(23)28-33-27-21/h1-5,7-10,12,14-15,20,22,29H,6,11,13,16H2,(H,26,30)/t20-,22+/m1/s1. The second-order valence-corrected chi connectivity index (χ2v) is 10.6. The van der Waals surface area contributed by atoms with Gasteiger partial charge < -0.3 is 5.32 Å². The van der Waals surface area contributed by atoms with Crippen molar-refractivity contribution in [1.29, 1.82) is 0 Å². The Bertz CT molecular complexity index is 1420. The molecule has 34 heavy (non-hydrogen) atoms. The molecule has 0 saturated carbocycles. The first-order valence-corrected chi connectivity index (χ1v) is 13.4. The monoisotopic (exact) mass is 492 g/mol. The van der Waals surface area contributed by atoms with E-state index in [1.54, 1.807) is 12.1 Å². The summed E-state index contributed by atoms with van der Waals surface area (Å²) in [6, 6.07) is 21.2. The molecule has 0 spiro atoms. The average Bonchev–Trinajstić information content (AvgIpc) is 3.33. The topological polar surface area (TPSA) is 101 Å². The molecule has 4 aromatic rings. The fourth-order valence-corrected chi connectivity index (χ4v) is 6.42. The molecule has 2 N–H and O–H groups in total. The smallest absolute Gasteiger partial charge is 0.243 e. The summed E-state index contributed by atoms with van der Waals surface area (Å²) in [5, 5.41) is 3.11. The van der Waals surface area contributed by atoms with Gasteiger partial charge in [-0.25, -0.2) is 8.42 Å². The number of sulfonamides is 1. The van der Waals surface area contributed by atoms with E-state index in [0.29, 0.717) is 11.0 Å². The number of rotatable bonds is 7. The first kappa shape index (κ1) is 22.6. The SMILES string of the molecule is O=C(N[C@@H]1CCCc2ccccc21)[C@H](Cc1ccccc1)NS(=O)(=O)c1cccc2nsnc12. The van der Waals surface area contributed by atoms with Gasteiger partial charge in [0.2, 0.25) is 15.9 Å². The maximum absolute atomic E-state index is 13.5. The number of aryl methyl sites for hydroxylation is 1. The molecule has 174 valence electrons. The molecule has 0 saturated heterocycles. The van der Waals surface area contributed by atoms with Crippen LogP contribution in [0, 0.1) is 0 Å². The van der Waals surface area contributed by atoms with Crippen molar-refractivity contribution in [1.82, 2.24) is 18.8 Å². The quantitative estimate of drug-likeness (QED) is 0.409. The van der Waals surface area contributed by atoms with Crippen LogP contribution in [0.4, 0.5) is 0 Å². The maximum atomic E-state index is 13.5. The van der Waals surface area contributed by atoms with E-state index in [1.807, 2.05) is 48.5 Å². The minimum absolute atomic E-state index is 0.0209. The van der Waals surface area contributed by atoms with Crippen LogP contribution >= 0.6 is 11.7 Å². The third-order valence-electron chi connectivity index (χ3n) is 6.12. The van der Waals surface area contributed by atoms with Gasteiger partial charge >= 0.3 is 0 Å². The van der Waals surface area contributed by atoms with Gasteiger partial charge in [-0.15, -0.1) is 0 Å². The van der Waals surface area contributed by atoms with Gasteiger partial charge in [-0.1, -0.05) is 60.7 Å². The number of carbonyl (C=O) groups excluding carboxylic acids is 1. The van der Waals surface area contributed by atoms with E-state index in [4.69, 9.17) is 0 Å². The average molecular weight is 493 g/mol. The van der Waals surface area contributed by atoms with Crippen LogP contribution in [0.2, 0.25) is 0 Å². The van der Waals surface area contributed by atoms with E-state index < -0.39 is 16.1 Å². The van der Waals surface area contributed by atoms with Crippen molar-refractivity contribution in [3.63, 3.8) is 0 Å². The largest absolute Gasteiger partial charge is 0.348 e. The summed E-state index contributed by atoms with van der Waals surface area (Å²) in [7, 11) is -4.03. The minimum atomic E-state index is -4.03. The van der Waals surface area contributed by atoms with Gasteiger partial charge in [-0.2, -0.15) is 13.5 Å². The molecule has 0 radical (unpaired) electrons. The third-order valence-corrected chi connectivity index (χ3v) is 8.17. The summed E-state index contributed by atoms with van der Waals surface area (Å²) in [6.45, 7) is 0. The van der Waals surface area contributed by atoms with Crippen LogP contribution in [-0.2, 0) is 27.7 Å². The molecule has 0 bridgehead atoms. The zero-order valence-corrected chi connectivity index (χ0v) is 20.0. The van der Waals surface area contributed by atoms with Crippen LogP contribution in [0.15, 0.2) is 77.7 Å². The number of hydrogen-bond donors (Lipinski definition) is 2. The number of aromatic nitrogens is 2. The fourth-order valence-electron chi connectivity index (χ4n) is 4.46. The predicted molar refractivity (Wildman–Crippen MR) is 132 cm³/mol. The Balaban J connectivity index is 1.44. The first-order valence-electron chi connectivity index (χ1n) is 11.2. The summed E-state index contributed by atoms with van der Waals surface area (Å²) >= 11 is 0.956. The lowest BCUT2D eigenvalue weighted by Gasteiger charge is -2.28. The van der Waals surface area contributed by atoms with E-state index >= 15 is 0 Å². The Hall–Kier alpha value is -3.14. The van der Waals surface area contributed by atoms with Gasteiger partial charge in [0.15, 0.2) is 0 Å². The Morgan fingerprint density at radius 1 is 1.00 bits per heavy atom. The zero-order valence-electron chi connectivity index (χ0n) is 18.3. The molecule has 1 aliphatic carbocycles. The first-order chi connectivity index (χ1) is 16.5. The molecule has 9 heteroatoms. The highest BCUT2D eigenvalue weighted by Gasteiger charge is 2.30. The maximum Gasteiger partial charge on any atom is 0.243 e. The Labute approximate surface area is 202 Å². The van der Waals surface area contributed by atoms with Gasteiger partial charge in [0.05, 0.1) is 17.8 Å². The van der Waals surface area contributed by atoms with Crippen LogP contribution < -0.4 is 10.0 Å². The number of nitrogens with one attached hydrogen (secondary N) is 2. The number of benzene rings is 3. The fraction of sp³-hybridized carbons (Fsp3) is 0.240. The van der Waals surface area contributed by atoms with Crippen LogP contribution in [-0.4, -0.2) is 29.1 Å². The van der Waals surface area contributed by atoms with E-state index in [-0.39, 0.29) is 23.3 Å². The van der Waals surface area contributed by atoms with Crippen LogP contribution in [0.25, 0.3) is 11.0 Å². The van der Waals surface area contributed by atoms with Gasteiger partial charge in [0, 0.05) is 0 Å². The van der Waals surface area contributed by atoms with Crippen molar-refractivity contribution in [2.24, 2.45) is 0 Å². The molecule has 5 rings (SSSR count). The molecule has 0 unspecified atom stereocenters. The van der Waals surface area contributed by atoms with Crippen LogP contribution in [0.3, 0.4) is 0 Å². The highest BCUT2D eigenvalue weighted by Crippen LogP contribution is 2.29. The second kappa shape index (κ2) is 9.61. The van der Waals surface area contributed by atoms with Crippen molar-refractivity contribution in [3.05, 3.63) is 89.5 Å². The zero-order chi connectivity index (χ0) is 23.5. The van der Waals surface area contributed by atoms with Crippen molar-refractivity contribution >= 4 is 38.7 Å². The van der Waals surface area contributed by atoms with E-state index in [0.717, 1.165) is 42.1 Å². The molecule has 2 atom stereocenters. The summed E-state index contributed by atoms with van der Waals surface area (Å²) in [5.74, 6) is -0.349. The van der Waals surface area contributed by atoms with Crippen LogP contribution in [0.5, 0.6) is 0 Å². The Morgan fingerprint density at radius 3 is 2.65 bits per heavy atom. The Morgan fingerprint density at radius 2 is 1.79 bits per heavy atom. The minimum Gasteiger partial charge on any atom is -0.348 e. The lowest BCUT2D eigenvalue weighted by molar-refractivity contribution is -0.123. The third kappa shape index (κ3) is 4.72. The molecule has 7 nitrogen and oxygen atoms in total. The van der Waals surface area contributed by atoms with Crippen LogP contribution in [0.1, 0.15) is 35.6 Å². The van der Waals surface area contributed by atoms with E-state index in [9.17, 15) is 13.2 Å². The number of fused-ring (bicyclic) bond motifs is 2. The number of amides is 1. The molecule has 0 fully saturated rings. The number of nitrogens with zero attached hydrogens (tertiary/aromatic N) is 2. The number of hydrogen-bond acceptors (Lipinski definition) is 6. The molecule has 3 aromatic carbocycles. The normalized spacial score (nSPS) is 16.6. The van der Waals surface area contributed by atoms with Crippen molar-refractivity contribution in [2.45, 2.75) is 42.7 Å². The lowest BCUT2D eigenvalue weighted by atomic mass is 9.87. The number of carbonyl (C=O) groups is 1. The highest BCUT2D eigenvalue weighted by molar-refractivity contribution is 7.89. The highest BCUT2D eigenvalue weighted by atomic mass is 32.2. The molecular weight excluding hydrogens is 468 g/mol. The summed E-state index contributed by atoms with van der Waals surface area (Å²) in [6.07, 6.45) is 2.99. The summed E-state index contributed by atoms with van der Waals surface area (Å²) in [5.41, 5.74) is 4.00. The van der Waals surface area contributed by atoms with E-state index in [2.05, 4.69) is 24.9 Å². The van der Waals surface area contributed by atoms with Gasteiger partial charge in [0.1, 0.15) is 22.0 Å².